The summed E-state index contributed by atoms with van der Waals surface area (Å²) in [5, 5.41) is 4.31. The Morgan fingerprint density at radius 3 is 2.38 bits per heavy atom. The van der Waals surface area contributed by atoms with Crippen LogP contribution in [0.1, 0.15) is 20.8 Å². The van der Waals surface area contributed by atoms with Gasteiger partial charge in [0.25, 0.3) is 0 Å². The third-order valence-electron chi connectivity index (χ3n) is 1.25. The molecule has 0 saturated carbocycles. The van der Waals surface area contributed by atoms with Crippen molar-refractivity contribution in [3.8, 4) is 0 Å². The largest absolute Gasteiger partial charge is 0.314 e. The van der Waals surface area contributed by atoms with Gasteiger partial charge in [0.2, 0.25) is 0 Å². The van der Waals surface area contributed by atoms with Gasteiger partial charge in [0.05, 0.1) is 5.60 Å². The van der Waals surface area contributed by atoms with Crippen molar-refractivity contribution in [3.05, 3.63) is 5.70 Å². The fourth-order valence-electron chi connectivity index (χ4n) is 0.845. The molecule has 1 N–H and O–H groups in total. The highest BCUT2D eigenvalue weighted by Gasteiger charge is 2.16. The molecule has 0 aromatic carbocycles. The molecule has 4 heteroatoms. The number of rotatable bonds is 4. The molecule has 0 amide bonds. The van der Waals surface area contributed by atoms with Crippen LogP contribution in [-0.4, -0.2) is 37.2 Å². The minimum Gasteiger partial charge on any atom is -0.314 e. The van der Waals surface area contributed by atoms with E-state index < -0.39 is 0 Å². The monoisotopic (exact) mass is 186 g/mol. The number of hydroxylamine groups is 2. The Bertz CT molecular complexity index is 202. The number of hydrogen-bond acceptors (Lipinski definition) is 4. The molecule has 0 saturated heterocycles. The molecule has 0 radical (unpaired) electrons. The Hall–Kier alpha value is -0.830. The van der Waals surface area contributed by atoms with Crippen LogP contribution >= 0.6 is 0 Å². The van der Waals surface area contributed by atoms with Gasteiger partial charge in [-0.25, -0.2) is 9.86 Å². The third-order valence-corrected chi connectivity index (χ3v) is 1.25. The lowest BCUT2D eigenvalue weighted by Gasteiger charge is -2.28. The zero-order chi connectivity index (χ0) is 10.5. The lowest BCUT2D eigenvalue weighted by Crippen LogP contribution is -2.33. The smallest absolute Gasteiger partial charge is 0.149 e. The van der Waals surface area contributed by atoms with Crippen LogP contribution in [0.25, 0.3) is 0 Å². The molecule has 0 rings (SSSR count). The van der Waals surface area contributed by atoms with Gasteiger partial charge >= 0.3 is 0 Å². The molecule has 0 spiro atoms. The minimum absolute atomic E-state index is 0.301. The number of nitrogens with one attached hydrogen (secondary N) is 1. The van der Waals surface area contributed by atoms with Gasteiger partial charge in [-0.1, -0.05) is 0 Å². The van der Waals surface area contributed by atoms with Crippen LogP contribution < -0.4 is 5.32 Å². The molecule has 4 nitrogen and oxygen atoms in total. The Morgan fingerprint density at radius 2 is 2.08 bits per heavy atom. The van der Waals surface area contributed by atoms with E-state index in [-0.39, 0.29) is 5.60 Å². The quantitative estimate of drug-likeness (QED) is 0.515. The van der Waals surface area contributed by atoms with Crippen molar-refractivity contribution in [1.29, 1.82) is 0 Å². The normalized spacial score (nSPS) is 10.8. The molecular weight excluding hydrogens is 168 g/mol. The highest BCUT2D eigenvalue weighted by atomic mass is 16.7. The molecule has 76 valence electrons. The van der Waals surface area contributed by atoms with Crippen molar-refractivity contribution in [3.63, 3.8) is 0 Å². The van der Waals surface area contributed by atoms with Crippen molar-refractivity contribution in [2.75, 3.05) is 20.6 Å². The molecule has 0 atom stereocenters. The van der Waals surface area contributed by atoms with Gasteiger partial charge in [-0.2, -0.15) is 0 Å². The number of carbonyl (C=O) groups excluding carboxylic acids is 1. The average molecular weight is 186 g/mol. The van der Waals surface area contributed by atoms with Crippen LogP contribution in [-0.2, 0) is 9.63 Å². The van der Waals surface area contributed by atoms with Crippen molar-refractivity contribution < 1.29 is 9.63 Å². The molecule has 0 heterocycles. The second-order valence-corrected chi connectivity index (χ2v) is 3.78. The topological polar surface area (TPSA) is 41.6 Å². The van der Waals surface area contributed by atoms with Gasteiger partial charge in [-0.15, -0.1) is 0 Å². The number of nitrogens with zero attached hydrogens (tertiary/aromatic N) is 1. The molecule has 0 aromatic rings. The molecule has 13 heavy (non-hydrogen) atoms. The molecular formula is C9H18N2O2. The zero-order valence-corrected chi connectivity index (χ0v) is 8.97. The van der Waals surface area contributed by atoms with Crippen LogP contribution in [0.2, 0.25) is 0 Å². The van der Waals surface area contributed by atoms with E-state index in [1.807, 2.05) is 26.7 Å². The van der Waals surface area contributed by atoms with Crippen molar-refractivity contribution >= 4 is 5.94 Å². The maximum Gasteiger partial charge on any atom is 0.149 e. The summed E-state index contributed by atoms with van der Waals surface area (Å²) < 4.78 is 0. The predicted octanol–water partition coefficient (Wildman–Crippen LogP) is 0.583. The first-order valence-electron chi connectivity index (χ1n) is 4.22. The van der Waals surface area contributed by atoms with E-state index in [1.165, 1.54) is 5.06 Å². The van der Waals surface area contributed by atoms with E-state index in [9.17, 15) is 4.79 Å². The fraction of sp³-hybridized carbons (Fsp3) is 0.778. The van der Waals surface area contributed by atoms with Crippen molar-refractivity contribution in [2.45, 2.75) is 26.4 Å². The summed E-state index contributed by atoms with van der Waals surface area (Å²) >= 11 is 0. The summed E-state index contributed by atoms with van der Waals surface area (Å²) in [7, 11) is 3.46. The standard InChI is InChI=1S/C9H18N2O2/c1-9(2,3)13-11(5)8(7-12)6-10-4/h10H,6H2,1-5H3. The lowest BCUT2D eigenvalue weighted by atomic mass is 10.2. The van der Waals surface area contributed by atoms with Gasteiger partial charge in [0.1, 0.15) is 11.6 Å². The predicted molar refractivity (Wildman–Crippen MR) is 51.7 cm³/mol. The summed E-state index contributed by atoms with van der Waals surface area (Å²) in [5.74, 6) is 1.83. The van der Waals surface area contributed by atoms with E-state index in [4.69, 9.17) is 4.84 Å². The Kier molecular flexibility index (Phi) is 4.70. The highest BCUT2D eigenvalue weighted by molar-refractivity contribution is 5.51. The second-order valence-electron chi connectivity index (χ2n) is 3.78. The summed E-state index contributed by atoms with van der Waals surface area (Å²) in [4.78, 5) is 15.9. The molecule has 0 aliphatic heterocycles. The first kappa shape index (κ1) is 12.2. The molecule has 0 aromatic heterocycles. The van der Waals surface area contributed by atoms with Gasteiger partial charge in [0, 0.05) is 13.6 Å². The Labute approximate surface area is 79.5 Å². The summed E-state index contributed by atoms with van der Waals surface area (Å²) in [5.41, 5.74) is 0.155. The maximum atomic E-state index is 10.5. The zero-order valence-electron chi connectivity index (χ0n) is 8.97. The number of likely N-dealkylation sites (N-methyl/N-ethyl adjacent to an activating group) is 2. The van der Waals surface area contributed by atoms with E-state index in [1.54, 1.807) is 14.1 Å². The Balaban J connectivity index is 4.24. The molecule has 0 aliphatic rings. The first-order chi connectivity index (χ1) is 5.90. The van der Waals surface area contributed by atoms with E-state index >= 15 is 0 Å². The van der Waals surface area contributed by atoms with Crippen LogP contribution in [0, 0.1) is 0 Å². The van der Waals surface area contributed by atoms with Gasteiger partial charge in [0.15, 0.2) is 0 Å². The average Bonchev–Trinajstić information content (AvgIpc) is 1.96. The van der Waals surface area contributed by atoms with Crippen molar-refractivity contribution in [2.24, 2.45) is 0 Å². The van der Waals surface area contributed by atoms with E-state index in [2.05, 4.69) is 5.32 Å². The van der Waals surface area contributed by atoms with Crippen LogP contribution in [0.3, 0.4) is 0 Å². The molecule has 0 bridgehead atoms. The minimum atomic E-state index is -0.301. The van der Waals surface area contributed by atoms with Gasteiger partial charge in [-0.3, -0.25) is 4.84 Å². The number of hydrogen-bond donors (Lipinski definition) is 1. The SMILES string of the molecule is CNCC(=C=O)N(C)OC(C)(C)C. The molecule has 0 unspecified atom stereocenters. The fourth-order valence-corrected chi connectivity index (χ4v) is 0.845. The molecule has 0 aliphatic carbocycles. The van der Waals surface area contributed by atoms with Crippen LogP contribution in [0.5, 0.6) is 0 Å². The maximum absolute atomic E-state index is 10.5. The lowest BCUT2D eigenvalue weighted by molar-refractivity contribution is -0.191. The van der Waals surface area contributed by atoms with E-state index in [0.717, 1.165) is 0 Å². The van der Waals surface area contributed by atoms with Crippen LogP contribution in [0.15, 0.2) is 5.70 Å². The van der Waals surface area contributed by atoms with Gasteiger partial charge in [-0.05, 0) is 27.8 Å². The second kappa shape index (κ2) is 5.02. The Morgan fingerprint density at radius 1 is 1.54 bits per heavy atom. The van der Waals surface area contributed by atoms with Gasteiger partial charge < -0.3 is 5.32 Å². The first-order valence-corrected chi connectivity index (χ1v) is 4.22. The van der Waals surface area contributed by atoms with Crippen LogP contribution in [0.4, 0.5) is 0 Å². The van der Waals surface area contributed by atoms with Crippen molar-refractivity contribution in [1.82, 2.24) is 10.4 Å². The highest BCUT2D eigenvalue weighted by Crippen LogP contribution is 2.11. The summed E-state index contributed by atoms with van der Waals surface area (Å²) in [6.07, 6.45) is 0. The molecule has 0 fully saturated rings. The summed E-state index contributed by atoms with van der Waals surface area (Å²) in [6, 6.07) is 0. The van der Waals surface area contributed by atoms with E-state index in [0.29, 0.717) is 12.2 Å². The summed E-state index contributed by atoms with van der Waals surface area (Å²) in [6.45, 7) is 6.22. The third kappa shape index (κ3) is 5.42.